The van der Waals surface area contributed by atoms with Crippen molar-refractivity contribution < 1.29 is 22.2 Å². The predicted molar refractivity (Wildman–Crippen MR) is 146 cm³/mol. The first-order chi connectivity index (χ1) is 16.5. The van der Waals surface area contributed by atoms with Crippen molar-refractivity contribution in [2.24, 2.45) is 0 Å². The third-order valence-electron chi connectivity index (χ3n) is 6.77. The van der Waals surface area contributed by atoms with Gasteiger partial charge in [0, 0.05) is 0 Å². The standard InChI is InChI=1S/C22H46NO.C7H8O3S/c1-5-7-8-9-10-11-12-13-14-15-16-17-18-19-20-21-22(24)23(3,4)6-2;1-6-2-4-7(5-3-6)11(8,9)10/h5-21H2,1-4H3;2-5H,1H3,(H,8,9,10)/q+1;/p-1. The second kappa shape index (κ2) is 19.9. The highest BCUT2D eigenvalue weighted by atomic mass is 32.2. The van der Waals surface area contributed by atoms with Crippen LogP contribution in [0.3, 0.4) is 0 Å². The lowest BCUT2D eigenvalue weighted by Gasteiger charge is -2.24. The lowest BCUT2D eigenvalue weighted by atomic mass is 10.0. The number of aryl methyl sites for hydroxylation is 1. The molecule has 1 rings (SSSR count). The van der Waals surface area contributed by atoms with E-state index in [9.17, 15) is 17.8 Å². The molecule has 0 radical (unpaired) electrons. The first-order valence-corrected chi connectivity index (χ1v) is 15.3. The highest BCUT2D eigenvalue weighted by Gasteiger charge is 2.22. The van der Waals surface area contributed by atoms with E-state index in [0.717, 1.165) is 24.9 Å². The smallest absolute Gasteiger partial charge is 0.313 e. The molecule has 35 heavy (non-hydrogen) atoms. The Kier molecular flexibility index (Phi) is 19.2. The van der Waals surface area contributed by atoms with Crippen molar-refractivity contribution in [1.29, 1.82) is 0 Å². The molecule has 0 fully saturated rings. The molecule has 1 aromatic carbocycles. The van der Waals surface area contributed by atoms with Crippen molar-refractivity contribution in [3.8, 4) is 0 Å². The van der Waals surface area contributed by atoms with Crippen LogP contribution >= 0.6 is 0 Å². The van der Waals surface area contributed by atoms with E-state index in [4.69, 9.17) is 0 Å². The first kappa shape index (κ1) is 33.8. The van der Waals surface area contributed by atoms with E-state index in [0.29, 0.717) is 10.4 Å². The number of amides is 1. The third kappa shape index (κ3) is 18.7. The zero-order valence-corrected chi connectivity index (χ0v) is 24.1. The van der Waals surface area contributed by atoms with Gasteiger partial charge in [-0.15, -0.1) is 0 Å². The molecule has 0 N–H and O–H groups in total. The fourth-order valence-electron chi connectivity index (χ4n) is 3.83. The molecule has 0 aromatic heterocycles. The van der Waals surface area contributed by atoms with E-state index in [2.05, 4.69) is 13.8 Å². The maximum atomic E-state index is 12.0. The summed E-state index contributed by atoms with van der Waals surface area (Å²) in [5.41, 5.74) is 0.928. The average molecular weight is 512 g/mol. The van der Waals surface area contributed by atoms with E-state index in [1.54, 1.807) is 12.1 Å². The molecule has 0 aliphatic heterocycles. The van der Waals surface area contributed by atoms with Crippen molar-refractivity contribution in [3.05, 3.63) is 29.8 Å². The molecule has 0 atom stereocenters. The van der Waals surface area contributed by atoms with E-state index in [-0.39, 0.29) is 4.90 Å². The van der Waals surface area contributed by atoms with Gasteiger partial charge < -0.3 is 4.55 Å². The summed E-state index contributed by atoms with van der Waals surface area (Å²) < 4.78 is 31.7. The minimum atomic E-state index is -4.27. The van der Waals surface area contributed by atoms with Gasteiger partial charge in [-0.05, 0) is 32.4 Å². The number of benzene rings is 1. The number of hydrogen-bond acceptors (Lipinski definition) is 4. The molecule has 0 aliphatic carbocycles. The molecule has 0 bridgehead atoms. The van der Waals surface area contributed by atoms with Crippen molar-refractivity contribution in [3.63, 3.8) is 0 Å². The maximum absolute atomic E-state index is 12.0. The van der Waals surface area contributed by atoms with Crippen LogP contribution in [0.2, 0.25) is 0 Å². The van der Waals surface area contributed by atoms with Crippen LogP contribution in [0.5, 0.6) is 0 Å². The summed E-state index contributed by atoms with van der Waals surface area (Å²) in [4.78, 5) is 11.8. The van der Waals surface area contributed by atoms with E-state index in [1.165, 1.54) is 102 Å². The molecular formula is C29H53NO4S. The summed E-state index contributed by atoms with van der Waals surface area (Å²) in [7, 11) is -0.227. The van der Waals surface area contributed by atoms with Crippen LogP contribution in [0.15, 0.2) is 29.2 Å². The van der Waals surface area contributed by atoms with E-state index in [1.807, 2.05) is 21.0 Å². The molecule has 5 nitrogen and oxygen atoms in total. The van der Waals surface area contributed by atoms with Gasteiger partial charge in [0.25, 0.3) is 0 Å². The zero-order chi connectivity index (χ0) is 26.6. The largest absolute Gasteiger partial charge is 0.744 e. The number of nitrogens with zero attached hydrogens (tertiary/aromatic N) is 1. The Morgan fingerprint density at radius 2 is 1.09 bits per heavy atom. The second-order valence-corrected chi connectivity index (χ2v) is 11.7. The minimum Gasteiger partial charge on any atom is -0.744 e. The Bertz CT molecular complexity index is 757. The molecule has 1 aromatic rings. The Morgan fingerprint density at radius 3 is 1.43 bits per heavy atom. The third-order valence-corrected chi connectivity index (χ3v) is 7.62. The highest BCUT2D eigenvalue weighted by molar-refractivity contribution is 7.85. The molecular weight excluding hydrogens is 458 g/mol. The van der Waals surface area contributed by atoms with Crippen molar-refractivity contribution >= 4 is 16.0 Å². The summed E-state index contributed by atoms with van der Waals surface area (Å²) in [5.74, 6) is 0.396. The molecule has 0 aliphatic rings. The van der Waals surface area contributed by atoms with Crippen LogP contribution in [-0.4, -0.2) is 44.0 Å². The van der Waals surface area contributed by atoms with Crippen molar-refractivity contribution in [2.45, 2.75) is 128 Å². The fourth-order valence-corrected chi connectivity index (χ4v) is 4.30. The Balaban J connectivity index is 0.000000867. The molecule has 0 spiro atoms. The number of unbranched alkanes of at least 4 members (excludes halogenated alkanes) is 14. The molecule has 0 saturated carbocycles. The average Bonchev–Trinajstić information content (AvgIpc) is 2.81. The Hall–Kier alpha value is -1.24. The summed E-state index contributed by atoms with van der Waals surface area (Å²) in [6.07, 6.45) is 21.4. The monoisotopic (exact) mass is 511 g/mol. The van der Waals surface area contributed by atoms with Gasteiger partial charge in [-0.3, -0.25) is 4.48 Å². The van der Waals surface area contributed by atoms with Crippen LogP contribution in [0.1, 0.15) is 122 Å². The fraction of sp³-hybridized carbons (Fsp3) is 0.759. The normalized spacial score (nSPS) is 11.7. The molecule has 0 saturated heterocycles. The number of carbonyl (C=O) groups excluding carboxylic acids is 1. The topological polar surface area (TPSA) is 74.3 Å². The molecule has 204 valence electrons. The van der Waals surface area contributed by atoms with Gasteiger partial charge in [0.1, 0.15) is 10.1 Å². The zero-order valence-electron chi connectivity index (χ0n) is 23.3. The van der Waals surface area contributed by atoms with Gasteiger partial charge in [0.2, 0.25) is 0 Å². The summed E-state index contributed by atoms with van der Waals surface area (Å²) in [6, 6.07) is 5.78. The summed E-state index contributed by atoms with van der Waals surface area (Å²) >= 11 is 0. The Morgan fingerprint density at radius 1 is 0.714 bits per heavy atom. The SMILES string of the molecule is CCCCCCCCCCCCCCCCCC(=O)[N+](C)(C)CC.Cc1ccc(S(=O)(=O)[O-])cc1. The van der Waals surface area contributed by atoms with Gasteiger partial charge >= 0.3 is 5.91 Å². The molecule has 0 unspecified atom stereocenters. The first-order valence-electron chi connectivity index (χ1n) is 13.9. The van der Waals surface area contributed by atoms with Gasteiger partial charge in [-0.25, -0.2) is 13.2 Å². The number of rotatable bonds is 18. The summed E-state index contributed by atoms with van der Waals surface area (Å²) in [5, 5.41) is 0. The maximum Gasteiger partial charge on any atom is 0.313 e. The lowest BCUT2D eigenvalue weighted by Crippen LogP contribution is -2.45. The minimum absolute atomic E-state index is 0.178. The van der Waals surface area contributed by atoms with Gasteiger partial charge in [0.15, 0.2) is 0 Å². The number of hydrogen-bond donors (Lipinski definition) is 0. The van der Waals surface area contributed by atoms with E-state index >= 15 is 0 Å². The van der Waals surface area contributed by atoms with Gasteiger partial charge in [0.05, 0.1) is 32.0 Å². The molecule has 0 heterocycles. The van der Waals surface area contributed by atoms with Crippen molar-refractivity contribution in [2.75, 3.05) is 20.6 Å². The quantitative estimate of drug-likeness (QED) is 0.115. The summed E-state index contributed by atoms with van der Waals surface area (Å²) in [6.45, 7) is 7.09. The number of carbonyl (C=O) groups is 1. The van der Waals surface area contributed by atoms with Crippen LogP contribution in [0.25, 0.3) is 0 Å². The van der Waals surface area contributed by atoms with Crippen LogP contribution in [-0.2, 0) is 14.9 Å². The predicted octanol–water partition coefficient (Wildman–Crippen LogP) is 7.77. The second-order valence-electron chi connectivity index (χ2n) is 10.4. The molecule has 1 amide bonds. The molecule has 6 heteroatoms. The lowest BCUT2D eigenvalue weighted by molar-refractivity contribution is -0.812. The van der Waals surface area contributed by atoms with Crippen LogP contribution in [0.4, 0.5) is 0 Å². The van der Waals surface area contributed by atoms with Crippen LogP contribution in [0, 0.1) is 6.92 Å². The highest BCUT2D eigenvalue weighted by Crippen LogP contribution is 2.14. The van der Waals surface area contributed by atoms with Crippen LogP contribution < -0.4 is 0 Å². The van der Waals surface area contributed by atoms with Gasteiger partial charge in [-0.2, -0.15) is 0 Å². The van der Waals surface area contributed by atoms with E-state index < -0.39 is 10.1 Å². The Labute approximate surface area is 217 Å². The van der Waals surface area contributed by atoms with Crippen molar-refractivity contribution in [1.82, 2.24) is 0 Å². The van der Waals surface area contributed by atoms with Gasteiger partial charge in [-0.1, -0.05) is 115 Å². The number of quaternary nitrogens is 1.